The summed E-state index contributed by atoms with van der Waals surface area (Å²) in [6, 6.07) is -0.630. The Morgan fingerprint density at radius 2 is 0.641 bits per heavy atom. The second-order valence-corrected chi connectivity index (χ2v) is 24.2. The number of allylic oxidation sites excluding steroid dienone is 5. The first-order valence-corrected chi connectivity index (χ1v) is 35.3. The summed E-state index contributed by atoms with van der Waals surface area (Å²) in [7, 11) is 0. The second-order valence-electron chi connectivity index (χ2n) is 24.2. The molecule has 6 heteroatoms. The maximum atomic E-state index is 12.5. The molecule has 3 N–H and O–H groups in total. The highest BCUT2D eigenvalue weighted by atomic mass is 16.5. The summed E-state index contributed by atoms with van der Waals surface area (Å²) in [5, 5.41) is 23.3. The minimum atomic E-state index is -0.846. The van der Waals surface area contributed by atoms with E-state index in [0.717, 1.165) is 51.4 Å². The fourth-order valence-corrected chi connectivity index (χ4v) is 11.0. The van der Waals surface area contributed by atoms with Gasteiger partial charge in [-0.15, -0.1) is 0 Å². The van der Waals surface area contributed by atoms with Gasteiger partial charge in [-0.2, -0.15) is 0 Å². The highest BCUT2D eigenvalue weighted by Crippen LogP contribution is 2.19. The van der Waals surface area contributed by atoms with Crippen molar-refractivity contribution in [3.05, 3.63) is 36.5 Å². The van der Waals surface area contributed by atoms with Crippen molar-refractivity contribution in [2.75, 3.05) is 13.2 Å². The number of aliphatic hydroxyl groups is 2. The van der Waals surface area contributed by atoms with E-state index in [-0.39, 0.29) is 18.5 Å². The van der Waals surface area contributed by atoms with Gasteiger partial charge in [0.15, 0.2) is 0 Å². The number of ether oxygens (including phenoxy) is 1. The van der Waals surface area contributed by atoms with E-state index in [1.54, 1.807) is 6.08 Å². The predicted molar refractivity (Wildman–Crippen MR) is 343 cm³/mol. The summed E-state index contributed by atoms with van der Waals surface area (Å²) < 4.78 is 5.50. The number of unbranched alkanes of at least 4 members (excludes halogenated alkanes) is 51. The maximum absolute atomic E-state index is 12.5. The van der Waals surface area contributed by atoms with Crippen LogP contribution in [0.15, 0.2) is 36.5 Å². The van der Waals surface area contributed by atoms with E-state index in [0.29, 0.717) is 19.4 Å². The Bertz CT molecular complexity index is 1260. The normalized spacial score (nSPS) is 12.7. The molecule has 0 saturated carbocycles. The summed E-state index contributed by atoms with van der Waals surface area (Å²) in [6.07, 6.45) is 86.4. The molecule has 0 fully saturated rings. The fraction of sp³-hybridized carbons (Fsp3) is 0.889. The summed E-state index contributed by atoms with van der Waals surface area (Å²) in [5.74, 6) is -0.0587. The molecule has 78 heavy (non-hydrogen) atoms. The van der Waals surface area contributed by atoms with E-state index in [4.69, 9.17) is 4.74 Å². The summed E-state index contributed by atoms with van der Waals surface area (Å²) in [6.45, 7) is 4.92. The standard InChI is InChI=1S/C72H137NO5/c1-3-5-7-9-11-13-15-17-19-21-23-26-29-32-36-40-44-48-52-56-60-64-70(75)69(68-74)73-71(76)65-61-57-53-49-45-41-37-33-30-27-24-25-28-31-35-39-43-47-51-55-59-63-67-78-72(77)66-62-58-54-50-46-42-38-34-22-20-18-16-14-12-10-8-6-4-2/h14,16,20,22,60,64,69-70,74-75H,3-13,15,17-19,21,23-59,61-63,65-68H2,1-2H3,(H,73,76)/b16-14-,22-20-,64-60+. The third kappa shape index (κ3) is 63.3. The zero-order chi connectivity index (χ0) is 56.4. The van der Waals surface area contributed by atoms with E-state index < -0.39 is 12.1 Å². The number of hydrogen-bond donors (Lipinski definition) is 3. The molecule has 6 nitrogen and oxygen atoms in total. The van der Waals surface area contributed by atoms with E-state index in [1.807, 2.05) is 6.08 Å². The van der Waals surface area contributed by atoms with Gasteiger partial charge in [-0.05, 0) is 64.2 Å². The van der Waals surface area contributed by atoms with Gasteiger partial charge in [0.2, 0.25) is 5.91 Å². The van der Waals surface area contributed by atoms with Gasteiger partial charge in [0.1, 0.15) is 0 Å². The van der Waals surface area contributed by atoms with Gasteiger partial charge in [-0.25, -0.2) is 0 Å². The van der Waals surface area contributed by atoms with Crippen molar-refractivity contribution in [1.29, 1.82) is 0 Å². The highest BCUT2D eigenvalue weighted by Gasteiger charge is 2.18. The number of amides is 1. The molecule has 0 aliphatic carbocycles. The highest BCUT2D eigenvalue weighted by molar-refractivity contribution is 5.76. The molecular formula is C72H137NO5. The molecule has 0 aromatic carbocycles. The molecule has 2 atom stereocenters. The van der Waals surface area contributed by atoms with Crippen molar-refractivity contribution in [1.82, 2.24) is 5.32 Å². The van der Waals surface area contributed by atoms with E-state index >= 15 is 0 Å². The minimum absolute atomic E-state index is 0.00599. The van der Waals surface area contributed by atoms with Crippen molar-refractivity contribution in [3.63, 3.8) is 0 Å². The quantitative estimate of drug-likeness (QED) is 0.0320. The van der Waals surface area contributed by atoms with Gasteiger partial charge in [0.05, 0.1) is 25.4 Å². The molecule has 0 saturated heterocycles. The van der Waals surface area contributed by atoms with Gasteiger partial charge in [-0.1, -0.05) is 346 Å². The molecule has 0 aliphatic heterocycles. The second kappa shape index (κ2) is 67.6. The van der Waals surface area contributed by atoms with Gasteiger partial charge in [0, 0.05) is 12.8 Å². The van der Waals surface area contributed by atoms with Gasteiger partial charge < -0.3 is 20.3 Å². The van der Waals surface area contributed by atoms with Gasteiger partial charge in [-0.3, -0.25) is 9.59 Å². The van der Waals surface area contributed by atoms with Gasteiger partial charge >= 0.3 is 5.97 Å². The third-order valence-electron chi connectivity index (χ3n) is 16.4. The maximum Gasteiger partial charge on any atom is 0.305 e. The molecule has 0 heterocycles. The van der Waals surface area contributed by atoms with E-state index in [9.17, 15) is 19.8 Å². The molecular weight excluding hydrogens is 959 g/mol. The van der Waals surface area contributed by atoms with Crippen LogP contribution in [0, 0.1) is 0 Å². The molecule has 0 spiro atoms. The van der Waals surface area contributed by atoms with Crippen LogP contribution in [0.2, 0.25) is 0 Å². The van der Waals surface area contributed by atoms with Crippen LogP contribution in [0.25, 0.3) is 0 Å². The van der Waals surface area contributed by atoms with Crippen LogP contribution < -0.4 is 5.32 Å². The van der Waals surface area contributed by atoms with Crippen LogP contribution in [-0.2, 0) is 14.3 Å². The third-order valence-corrected chi connectivity index (χ3v) is 16.4. The molecule has 0 radical (unpaired) electrons. The summed E-state index contributed by atoms with van der Waals surface area (Å²) in [5.41, 5.74) is 0. The lowest BCUT2D eigenvalue weighted by atomic mass is 10.0. The van der Waals surface area contributed by atoms with Crippen LogP contribution >= 0.6 is 0 Å². The van der Waals surface area contributed by atoms with Crippen LogP contribution in [-0.4, -0.2) is 47.4 Å². The lowest BCUT2D eigenvalue weighted by molar-refractivity contribution is -0.143. The number of esters is 1. The Kier molecular flexibility index (Phi) is 65.9. The minimum Gasteiger partial charge on any atom is -0.466 e. The van der Waals surface area contributed by atoms with Crippen molar-refractivity contribution >= 4 is 11.9 Å². The monoisotopic (exact) mass is 1100 g/mol. The SMILES string of the molecule is CCCCCC/C=C\C/C=C\CCCCCCCCCC(=O)OCCCCCCCCCCCCCCCCCCCCCCCCC(=O)NC(CO)C(O)/C=C/CCCCCCCCCCCCCCCCCCCCC. The van der Waals surface area contributed by atoms with Crippen LogP contribution in [0.5, 0.6) is 0 Å². The first-order chi connectivity index (χ1) is 38.5. The molecule has 1 amide bonds. The number of hydrogen-bond acceptors (Lipinski definition) is 5. The average Bonchev–Trinajstić information content (AvgIpc) is 3.44. The zero-order valence-electron chi connectivity index (χ0n) is 52.7. The smallest absolute Gasteiger partial charge is 0.305 e. The number of carbonyl (C=O) groups excluding carboxylic acids is 2. The number of carbonyl (C=O) groups is 2. The predicted octanol–water partition coefficient (Wildman–Crippen LogP) is 22.7. The number of nitrogens with one attached hydrogen (secondary N) is 1. The lowest BCUT2D eigenvalue weighted by Crippen LogP contribution is -2.45. The van der Waals surface area contributed by atoms with Crippen molar-refractivity contribution < 1.29 is 24.5 Å². The Balaban J connectivity index is 3.40. The van der Waals surface area contributed by atoms with Crippen LogP contribution in [0.3, 0.4) is 0 Å². The summed E-state index contributed by atoms with van der Waals surface area (Å²) >= 11 is 0. The Labute approximate surface area is 487 Å². The van der Waals surface area contributed by atoms with Crippen molar-refractivity contribution in [2.45, 2.75) is 398 Å². The first kappa shape index (κ1) is 76.1. The molecule has 0 aliphatic rings. The lowest BCUT2D eigenvalue weighted by Gasteiger charge is -2.20. The van der Waals surface area contributed by atoms with Crippen LogP contribution in [0.1, 0.15) is 386 Å². The molecule has 2 unspecified atom stereocenters. The largest absolute Gasteiger partial charge is 0.466 e. The van der Waals surface area contributed by atoms with E-state index in [1.165, 1.54) is 308 Å². The topological polar surface area (TPSA) is 95.9 Å². The van der Waals surface area contributed by atoms with Crippen LogP contribution in [0.4, 0.5) is 0 Å². The summed E-state index contributed by atoms with van der Waals surface area (Å²) in [4.78, 5) is 24.6. The molecule has 0 aromatic heterocycles. The number of rotatable bonds is 66. The molecule has 0 bridgehead atoms. The fourth-order valence-electron chi connectivity index (χ4n) is 11.0. The van der Waals surface area contributed by atoms with Gasteiger partial charge in [0.25, 0.3) is 0 Å². The Morgan fingerprint density at radius 1 is 0.359 bits per heavy atom. The Hall–Kier alpha value is -1.92. The molecule has 460 valence electrons. The molecule has 0 rings (SSSR count). The Morgan fingerprint density at radius 3 is 0.987 bits per heavy atom. The zero-order valence-corrected chi connectivity index (χ0v) is 52.7. The molecule has 0 aromatic rings. The van der Waals surface area contributed by atoms with Crippen molar-refractivity contribution in [3.8, 4) is 0 Å². The first-order valence-electron chi connectivity index (χ1n) is 35.3. The number of aliphatic hydroxyl groups excluding tert-OH is 2. The average molecular weight is 1100 g/mol. The van der Waals surface area contributed by atoms with Crippen molar-refractivity contribution in [2.24, 2.45) is 0 Å². The van der Waals surface area contributed by atoms with E-state index in [2.05, 4.69) is 43.5 Å².